The zero-order chi connectivity index (χ0) is 28.9. The van der Waals surface area contributed by atoms with E-state index in [1.165, 1.54) is 30.9 Å². The molecule has 2 bridgehead atoms. The lowest BCUT2D eigenvalue weighted by Crippen LogP contribution is -2.66. The van der Waals surface area contributed by atoms with Gasteiger partial charge >= 0.3 is 0 Å². The van der Waals surface area contributed by atoms with Crippen molar-refractivity contribution >= 4 is 38.9 Å². The summed E-state index contributed by atoms with van der Waals surface area (Å²) < 4.78 is 67.4. The van der Waals surface area contributed by atoms with Crippen molar-refractivity contribution in [2.75, 3.05) is 18.4 Å². The zero-order valence-electron chi connectivity index (χ0n) is 21.1. The second-order valence-corrected chi connectivity index (χ2v) is 13.0. The van der Waals surface area contributed by atoms with Gasteiger partial charge in [0.2, 0.25) is 5.91 Å². The summed E-state index contributed by atoms with van der Waals surface area (Å²) in [6.45, 7) is 2.89. The molecule has 13 heteroatoms. The summed E-state index contributed by atoms with van der Waals surface area (Å²) in [5.41, 5.74) is -1.80. The fraction of sp³-hybridized carbons (Fsp3) is 0.462. The number of hydrogen-bond acceptors (Lipinski definition) is 6. The van der Waals surface area contributed by atoms with Crippen molar-refractivity contribution in [3.05, 3.63) is 58.4 Å². The minimum absolute atomic E-state index is 0.0175. The van der Waals surface area contributed by atoms with E-state index in [2.05, 4.69) is 5.32 Å². The number of hydrogen-bond donors (Lipinski definition) is 3. The van der Waals surface area contributed by atoms with Crippen molar-refractivity contribution in [3.63, 3.8) is 0 Å². The van der Waals surface area contributed by atoms with E-state index in [4.69, 9.17) is 11.6 Å². The molecule has 3 saturated carbocycles. The molecular weight excluding hydrogens is 561 g/mol. The topological polar surface area (TPSA) is 124 Å². The largest absolute Gasteiger partial charge is 0.392 e. The van der Waals surface area contributed by atoms with E-state index in [1.54, 1.807) is 0 Å². The fourth-order valence-electron chi connectivity index (χ4n) is 5.57. The highest BCUT2D eigenvalue weighted by molar-refractivity contribution is 7.92. The Morgan fingerprint density at radius 1 is 1.13 bits per heavy atom. The molecule has 3 atom stereocenters. The van der Waals surface area contributed by atoms with Gasteiger partial charge in [-0.15, -0.1) is 0 Å². The summed E-state index contributed by atoms with van der Waals surface area (Å²) in [6.07, 6.45) is 0.00950. The lowest BCUT2D eigenvalue weighted by atomic mass is 9.53. The number of carbonyl (C=O) groups is 2. The first-order valence-electron chi connectivity index (χ1n) is 12.3. The van der Waals surface area contributed by atoms with Crippen molar-refractivity contribution in [1.82, 2.24) is 4.90 Å². The highest BCUT2D eigenvalue weighted by Crippen LogP contribution is 2.56. The van der Waals surface area contributed by atoms with Gasteiger partial charge in [0.15, 0.2) is 27.3 Å². The monoisotopic (exact) mass is 588 g/mol. The molecule has 0 aliphatic heterocycles. The molecule has 2 aromatic rings. The number of carbonyl (C=O) groups excluding carboxylic acids is 2. The second kappa shape index (κ2) is 10.7. The van der Waals surface area contributed by atoms with Crippen molar-refractivity contribution in [2.45, 2.75) is 55.0 Å². The van der Waals surface area contributed by atoms with E-state index in [1.807, 2.05) is 0 Å². The number of fused-ring (bicyclic) bond motifs is 2. The van der Waals surface area contributed by atoms with Gasteiger partial charge in [0.25, 0.3) is 5.91 Å². The molecule has 0 aromatic heterocycles. The van der Waals surface area contributed by atoms with Crippen LogP contribution in [0.25, 0.3) is 0 Å². The first-order valence-corrected chi connectivity index (χ1v) is 14.2. The molecule has 0 radical (unpaired) electrons. The Bertz CT molecular complexity index is 1390. The van der Waals surface area contributed by atoms with E-state index in [0.29, 0.717) is 18.6 Å². The van der Waals surface area contributed by atoms with Gasteiger partial charge in [-0.05, 0) is 56.2 Å². The smallest absolute Gasteiger partial charge is 0.255 e. The molecule has 0 saturated heterocycles. The van der Waals surface area contributed by atoms with E-state index in [9.17, 15) is 41.4 Å². The predicted molar refractivity (Wildman–Crippen MR) is 136 cm³/mol. The second-order valence-electron chi connectivity index (χ2n) is 10.4. The number of sulfone groups is 1. The number of nitrogens with one attached hydrogen (secondary N) is 1. The molecule has 3 N–H and O–H groups in total. The van der Waals surface area contributed by atoms with Gasteiger partial charge < -0.3 is 20.4 Å². The highest BCUT2D eigenvalue weighted by Gasteiger charge is 2.60. The summed E-state index contributed by atoms with van der Waals surface area (Å²) >= 11 is 6.21. The van der Waals surface area contributed by atoms with Gasteiger partial charge in [-0.2, -0.15) is 0 Å². The van der Waals surface area contributed by atoms with E-state index in [-0.39, 0.29) is 53.0 Å². The summed E-state index contributed by atoms with van der Waals surface area (Å²) in [6, 6.07) is 4.70. The Balaban J connectivity index is 1.52. The third-order valence-corrected chi connectivity index (χ3v) is 10.3. The fourth-order valence-corrected chi connectivity index (χ4v) is 7.97. The van der Waals surface area contributed by atoms with Crippen LogP contribution in [0, 0.1) is 29.3 Å². The third-order valence-electron chi connectivity index (χ3n) is 7.63. The SMILES string of the molecule is CC(=O)N(C[C@@H](C)O)C[C@]1(O)C2CC1C[C@@H](S(=O)(=O)c1cc(C(=O)Nc3cc(F)c(F)c(F)c3)ccc1Cl)C2. The molecule has 3 aliphatic carbocycles. The van der Waals surface area contributed by atoms with Gasteiger partial charge in [0.05, 0.1) is 33.4 Å². The number of benzene rings is 2. The lowest BCUT2D eigenvalue weighted by molar-refractivity contribution is -0.190. The summed E-state index contributed by atoms with van der Waals surface area (Å²) in [5.74, 6) is -6.71. The van der Waals surface area contributed by atoms with Crippen LogP contribution < -0.4 is 5.32 Å². The molecule has 3 fully saturated rings. The van der Waals surface area contributed by atoms with E-state index >= 15 is 0 Å². The molecule has 8 nitrogen and oxygen atoms in total. The van der Waals surface area contributed by atoms with Crippen LogP contribution in [0.5, 0.6) is 0 Å². The van der Waals surface area contributed by atoms with Gasteiger partial charge in [0.1, 0.15) is 0 Å². The summed E-state index contributed by atoms with van der Waals surface area (Å²) in [7, 11) is -4.07. The van der Waals surface area contributed by atoms with Gasteiger partial charge in [-0.1, -0.05) is 11.6 Å². The van der Waals surface area contributed by atoms with Crippen LogP contribution in [-0.2, 0) is 14.6 Å². The number of amides is 2. The molecular formula is C26H28ClF3N2O6S. The molecule has 5 rings (SSSR count). The number of rotatable bonds is 8. The average Bonchev–Trinajstić information content (AvgIpc) is 2.86. The first-order chi connectivity index (χ1) is 18.1. The van der Waals surface area contributed by atoms with Gasteiger partial charge in [-0.3, -0.25) is 9.59 Å². The number of anilines is 1. The van der Waals surface area contributed by atoms with Crippen LogP contribution in [0.4, 0.5) is 18.9 Å². The molecule has 0 heterocycles. The van der Waals surface area contributed by atoms with Crippen molar-refractivity contribution < 1.29 is 41.4 Å². The standard InChI is InChI=1S/C26H28ClF3N2O6S/c1-13(33)11-32(14(2)34)12-26(36)16-6-17(26)8-19(7-16)39(37,38)23-5-15(3-4-20(23)27)25(35)31-18-9-21(28)24(30)22(29)10-18/h3-5,9-10,13,16-17,19,33,36H,6-8,11-12H2,1-2H3,(H,31,35)/t13-,16?,17?,19-,26-/m1/s1. The van der Waals surface area contributed by atoms with E-state index < -0.39 is 62.0 Å². The van der Waals surface area contributed by atoms with Crippen molar-refractivity contribution in [3.8, 4) is 0 Å². The summed E-state index contributed by atoms with van der Waals surface area (Å²) in [4.78, 5) is 25.8. The Hall–Kier alpha value is -2.67. The van der Waals surface area contributed by atoms with Crippen LogP contribution in [-0.4, -0.2) is 65.4 Å². The van der Waals surface area contributed by atoms with E-state index in [0.717, 1.165) is 6.07 Å². The average molecular weight is 589 g/mol. The molecule has 2 unspecified atom stereocenters. The van der Waals surface area contributed by atoms with Gasteiger partial charge in [-0.25, -0.2) is 21.6 Å². The number of halogens is 4. The molecule has 39 heavy (non-hydrogen) atoms. The highest BCUT2D eigenvalue weighted by atomic mass is 35.5. The minimum Gasteiger partial charge on any atom is -0.392 e. The first kappa shape index (κ1) is 29.3. The molecule has 2 amide bonds. The maximum Gasteiger partial charge on any atom is 0.255 e. The number of nitrogens with zero attached hydrogens (tertiary/aromatic N) is 1. The number of aliphatic hydroxyl groups excluding tert-OH is 1. The third kappa shape index (κ3) is 5.65. The van der Waals surface area contributed by atoms with Crippen LogP contribution >= 0.6 is 11.6 Å². The van der Waals surface area contributed by atoms with Crippen molar-refractivity contribution in [2.24, 2.45) is 11.8 Å². The molecule has 3 aliphatic rings. The lowest BCUT2D eigenvalue weighted by Gasteiger charge is -2.59. The maximum atomic E-state index is 13.6. The number of aliphatic hydroxyl groups is 2. The van der Waals surface area contributed by atoms with Gasteiger partial charge in [0, 0.05) is 36.9 Å². The molecule has 212 valence electrons. The normalized spacial score (nSPS) is 25.0. The zero-order valence-corrected chi connectivity index (χ0v) is 22.7. The Labute approximate surface area is 228 Å². The van der Waals surface area contributed by atoms with Crippen LogP contribution in [0.15, 0.2) is 35.2 Å². The van der Waals surface area contributed by atoms with Crippen LogP contribution in [0.1, 0.15) is 43.5 Å². The summed E-state index contributed by atoms with van der Waals surface area (Å²) in [5, 5.41) is 22.2. The Kier molecular flexibility index (Phi) is 8.06. The van der Waals surface area contributed by atoms with Crippen LogP contribution in [0.3, 0.4) is 0 Å². The quantitative estimate of drug-likeness (QED) is 0.405. The minimum atomic E-state index is -4.07. The molecule has 0 spiro atoms. The van der Waals surface area contributed by atoms with Crippen molar-refractivity contribution in [1.29, 1.82) is 0 Å². The van der Waals surface area contributed by atoms with Crippen LogP contribution in [0.2, 0.25) is 5.02 Å². The maximum absolute atomic E-state index is 13.6. The predicted octanol–water partition coefficient (Wildman–Crippen LogP) is 3.54. The Morgan fingerprint density at radius 3 is 2.26 bits per heavy atom. The Morgan fingerprint density at radius 2 is 1.72 bits per heavy atom. The molecule has 2 aromatic carbocycles.